The highest BCUT2D eigenvalue weighted by atomic mass is 35.5. The third-order valence-electron chi connectivity index (χ3n) is 4.22. The summed E-state index contributed by atoms with van der Waals surface area (Å²) in [6.45, 7) is 0.912. The number of fused-ring (bicyclic) bond motifs is 1. The van der Waals surface area contributed by atoms with Gasteiger partial charge in [-0.05, 0) is 19.1 Å². The van der Waals surface area contributed by atoms with E-state index in [1.807, 2.05) is 6.07 Å². The molecule has 12 heteroatoms. The fourth-order valence-corrected chi connectivity index (χ4v) is 3.21. The highest BCUT2D eigenvalue weighted by Crippen LogP contribution is 2.40. The van der Waals surface area contributed by atoms with Crippen LogP contribution in [0.1, 0.15) is 22.8 Å². The minimum absolute atomic E-state index is 0.0225. The van der Waals surface area contributed by atoms with Crippen molar-refractivity contribution in [2.45, 2.75) is 19.1 Å². The highest BCUT2D eigenvalue weighted by molar-refractivity contribution is 6.36. The predicted molar refractivity (Wildman–Crippen MR) is 104 cm³/mol. The monoisotopic (exact) mass is 457 g/mol. The minimum Gasteiger partial charge on any atom is -0.465 e. The van der Waals surface area contributed by atoms with Crippen molar-refractivity contribution >= 4 is 40.6 Å². The molecule has 0 aliphatic heterocycles. The molecule has 0 amide bonds. The number of nitrogens with one attached hydrogen (secondary N) is 1. The zero-order chi connectivity index (χ0) is 22.2. The van der Waals surface area contributed by atoms with Gasteiger partial charge in [-0.3, -0.25) is 0 Å². The molecular formula is C18H12Cl2F3N5O2. The molecule has 1 atom stereocenters. The molecule has 30 heavy (non-hydrogen) atoms. The summed E-state index contributed by atoms with van der Waals surface area (Å²) in [5, 5.41) is 15.2. The van der Waals surface area contributed by atoms with Gasteiger partial charge in [-0.25, -0.2) is 9.78 Å². The third kappa shape index (κ3) is 3.86. The summed E-state index contributed by atoms with van der Waals surface area (Å²) in [7, 11) is 1.14. The first-order chi connectivity index (χ1) is 14.1. The Hall–Kier alpha value is -3.03. The molecule has 0 fully saturated rings. The second-order valence-electron chi connectivity index (χ2n) is 6.13. The first-order valence-corrected chi connectivity index (χ1v) is 9.02. The lowest BCUT2D eigenvalue weighted by Gasteiger charge is -2.22. The van der Waals surface area contributed by atoms with Gasteiger partial charge in [-0.1, -0.05) is 29.3 Å². The van der Waals surface area contributed by atoms with E-state index in [0.717, 1.165) is 24.7 Å². The van der Waals surface area contributed by atoms with Crippen LogP contribution < -0.4 is 5.32 Å². The van der Waals surface area contributed by atoms with Crippen LogP contribution in [0.2, 0.25) is 10.2 Å². The van der Waals surface area contributed by atoms with Crippen LogP contribution in [0.3, 0.4) is 0 Å². The maximum Gasteiger partial charge on any atom is 0.408 e. The van der Waals surface area contributed by atoms with Crippen LogP contribution >= 0.6 is 23.2 Å². The van der Waals surface area contributed by atoms with Gasteiger partial charge in [0.05, 0.1) is 30.5 Å². The summed E-state index contributed by atoms with van der Waals surface area (Å²) in [6.07, 6.45) is -3.48. The second kappa shape index (κ2) is 8.01. The standard InChI is InChI=1S/C18H12Cl2F3N5O2/c1-8(18(21,22)23)26-16-13(10-4-3-9(6-24)5-12(10)19)14(20)27-15-11(17(29)30-2)7-25-28(15)16/h3-5,7-8,26H,1-2H3/t8-/m0/s1. The van der Waals surface area contributed by atoms with Gasteiger partial charge in [-0.15, -0.1) is 0 Å². The molecule has 0 saturated heterocycles. The minimum atomic E-state index is -4.59. The van der Waals surface area contributed by atoms with E-state index in [4.69, 9.17) is 28.5 Å². The molecule has 0 aliphatic rings. The Balaban J connectivity index is 2.33. The summed E-state index contributed by atoms with van der Waals surface area (Å²) in [5.41, 5.74) is 0.312. The molecule has 7 nitrogen and oxygen atoms in total. The Morgan fingerprint density at radius 1 is 1.37 bits per heavy atom. The third-order valence-corrected chi connectivity index (χ3v) is 4.81. The van der Waals surface area contributed by atoms with Crippen LogP contribution in [0.4, 0.5) is 19.0 Å². The van der Waals surface area contributed by atoms with E-state index >= 15 is 0 Å². The number of anilines is 1. The molecule has 1 aromatic carbocycles. The van der Waals surface area contributed by atoms with Crippen LogP contribution in [0, 0.1) is 11.3 Å². The van der Waals surface area contributed by atoms with E-state index in [0.29, 0.717) is 0 Å². The smallest absolute Gasteiger partial charge is 0.408 e. The van der Waals surface area contributed by atoms with Crippen LogP contribution in [0.25, 0.3) is 16.8 Å². The lowest BCUT2D eigenvalue weighted by Crippen LogP contribution is -2.34. The number of nitrogens with zero attached hydrogens (tertiary/aromatic N) is 4. The van der Waals surface area contributed by atoms with E-state index in [2.05, 4.69) is 20.1 Å². The predicted octanol–water partition coefficient (Wildman–Crippen LogP) is 4.72. The van der Waals surface area contributed by atoms with Crippen LogP contribution in [0.5, 0.6) is 0 Å². The Morgan fingerprint density at radius 2 is 2.07 bits per heavy atom. The summed E-state index contributed by atoms with van der Waals surface area (Å²) in [4.78, 5) is 16.1. The summed E-state index contributed by atoms with van der Waals surface area (Å²) in [5.74, 6) is -0.968. The Kier molecular flexibility index (Phi) is 5.78. The molecule has 0 aliphatic carbocycles. The van der Waals surface area contributed by atoms with Crippen molar-refractivity contribution in [1.29, 1.82) is 5.26 Å². The number of carbonyl (C=O) groups excluding carboxylic acids is 1. The lowest BCUT2D eigenvalue weighted by molar-refractivity contribution is -0.138. The first kappa shape index (κ1) is 21.7. The van der Waals surface area contributed by atoms with Crippen LogP contribution in [0.15, 0.2) is 24.4 Å². The second-order valence-corrected chi connectivity index (χ2v) is 6.89. The summed E-state index contributed by atoms with van der Waals surface area (Å²) >= 11 is 12.6. The number of rotatable bonds is 4. The molecular weight excluding hydrogens is 446 g/mol. The molecule has 2 aromatic heterocycles. The summed E-state index contributed by atoms with van der Waals surface area (Å²) < 4.78 is 45.4. The van der Waals surface area contributed by atoms with Crippen molar-refractivity contribution in [2.24, 2.45) is 0 Å². The first-order valence-electron chi connectivity index (χ1n) is 8.27. The molecule has 1 N–H and O–H groups in total. The van der Waals surface area contributed by atoms with Crippen molar-refractivity contribution in [1.82, 2.24) is 14.6 Å². The quantitative estimate of drug-likeness (QED) is 0.449. The average Bonchev–Trinajstić information content (AvgIpc) is 3.10. The van der Waals surface area contributed by atoms with E-state index in [1.165, 1.54) is 18.2 Å². The fraction of sp³-hybridized carbons (Fsp3) is 0.222. The summed E-state index contributed by atoms with van der Waals surface area (Å²) in [6, 6.07) is 4.13. The van der Waals surface area contributed by atoms with Gasteiger partial charge in [0.2, 0.25) is 0 Å². The molecule has 3 rings (SSSR count). The molecule has 0 saturated carbocycles. The Labute approximate surface area is 178 Å². The SMILES string of the molecule is COC(=O)c1cnn2c(N[C@@H](C)C(F)(F)F)c(-c3ccc(C#N)cc3Cl)c(Cl)nc12. The average molecular weight is 458 g/mol. The van der Waals surface area contributed by atoms with E-state index in [9.17, 15) is 18.0 Å². The number of esters is 1. The molecule has 2 heterocycles. The molecule has 0 radical (unpaired) electrons. The number of hydrogen-bond donors (Lipinski definition) is 1. The largest absolute Gasteiger partial charge is 0.465 e. The van der Waals surface area contributed by atoms with Crippen molar-refractivity contribution < 1.29 is 22.7 Å². The van der Waals surface area contributed by atoms with Gasteiger partial charge in [0, 0.05) is 10.6 Å². The lowest BCUT2D eigenvalue weighted by atomic mass is 10.1. The van der Waals surface area contributed by atoms with Gasteiger partial charge in [-0.2, -0.15) is 28.0 Å². The van der Waals surface area contributed by atoms with Gasteiger partial charge in [0.1, 0.15) is 22.6 Å². The maximum absolute atomic E-state index is 13.3. The fourth-order valence-electron chi connectivity index (χ4n) is 2.67. The molecule has 0 unspecified atom stereocenters. The number of alkyl halides is 3. The number of ether oxygens (including phenoxy) is 1. The highest BCUT2D eigenvalue weighted by Gasteiger charge is 2.37. The van der Waals surface area contributed by atoms with Gasteiger partial charge < -0.3 is 10.1 Å². The van der Waals surface area contributed by atoms with Gasteiger partial charge in [0.25, 0.3) is 0 Å². The normalized spacial score (nSPS) is 12.5. The Morgan fingerprint density at radius 3 is 2.63 bits per heavy atom. The number of hydrogen-bond acceptors (Lipinski definition) is 6. The number of methoxy groups -OCH3 is 1. The zero-order valence-corrected chi connectivity index (χ0v) is 16.9. The van der Waals surface area contributed by atoms with E-state index in [1.54, 1.807) is 0 Å². The number of carbonyl (C=O) groups is 1. The van der Waals surface area contributed by atoms with Crippen LogP contribution in [-0.2, 0) is 4.74 Å². The van der Waals surface area contributed by atoms with Crippen molar-refractivity contribution in [2.75, 3.05) is 12.4 Å². The number of benzene rings is 1. The van der Waals surface area contributed by atoms with E-state index in [-0.39, 0.29) is 43.9 Å². The molecule has 156 valence electrons. The number of halogens is 5. The van der Waals surface area contributed by atoms with Crippen molar-refractivity contribution in [3.05, 3.63) is 45.7 Å². The number of nitriles is 1. The van der Waals surface area contributed by atoms with Crippen LogP contribution in [-0.4, -0.2) is 39.9 Å². The maximum atomic E-state index is 13.3. The zero-order valence-electron chi connectivity index (χ0n) is 15.4. The van der Waals surface area contributed by atoms with Gasteiger partial charge >= 0.3 is 12.1 Å². The molecule has 0 bridgehead atoms. The number of aromatic nitrogens is 3. The van der Waals surface area contributed by atoms with E-state index < -0.39 is 18.2 Å². The van der Waals surface area contributed by atoms with Gasteiger partial charge in [0.15, 0.2) is 5.65 Å². The topological polar surface area (TPSA) is 92.3 Å². The molecule has 3 aromatic rings. The van der Waals surface area contributed by atoms with Crippen molar-refractivity contribution in [3.8, 4) is 17.2 Å². The molecule has 0 spiro atoms. The Bertz CT molecular complexity index is 1190. The van der Waals surface area contributed by atoms with Crippen molar-refractivity contribution in [3.63, 3.8) is 0 Å².